The van der Waals surface area contributed by atoms with Crippen LogP contribution in [0.2, 0.25) is 0 Å². The molecular formula is C15H18N2O3. The number of ether oxygens (including phenoxy) is 2. The van der Waals surface area contributed by atoms with Crippen LogP contribution in [0.1, 0.15) is 11.3 Å². The molecule has 20 heavy (non-hydrogen) atoms. The van der Waals surface area contributed by atoms with Gasteiger partial charge in [0.25, 0.3) is 0 Å². The van der Waals surface area contributed by atoms with Crippen LogP contribution < -0.4 is 15.2 Å². The van der Waals surface area contributed by atoms with E-state index < -0.39 is 0 Å². The Bertz CT molecular complexity index is 581. The van der Waals surface area contributed by atoms with E-state index in [1.165, 1.54) is 0 Å². The smallest absolute Gasteiger partial charge is 0.163 e. The van der Waals surface area contributed by atoms with Gasteiger partial charge in [0.2, 0.25) is 0 Å². The van der Waals surface area contributed by atoms with Gasteiger partial charge in [-0.25, -0.2) is 0 Å². The van der Waals surface area contributed by atoms with Crippen LogP contribution in [-0.2, 0) is 13.1 Å². The van der Waals surface area contributed by atoms with Gasteiger partial charge in [0.15, 0.2) is 11.5 Å². The molecule has 0 atom stereocenters. The number of hydrogen-bond acceptors (Lipinski definition) is 5. The Kier molecular flexibility index (Phi) is 3.52. The fourth-order valence-electron chi connectivity index (χ4n) is 2.30. The summed E-state index contributed by atoms with van der Waals surface area (Å²) in [6.07, 6.45) is 1.68. The van der Waals surface area contributed by atoms with Gasteiger partial charge in [-0.3, -0.25) is 4.90 Å². The zero-order chi connectivity index (χ0) is 13.9. The largest absolute Gasteiger partial charge is 0.486 e. The molecule has 0 amide bonds. The monoisotopic (exact) mass is 274 g/mol. The van der Waals surface area contributed by atoms with Crippen molar-refractivity contribution in [3.05, 3.63) is 41.9 Å². The Morgan fingerprint density at radius 1 is 1.15 bits per heavy atom. The van der Waals surface area contributed by atoms with Crippen molar-refractivity contribution >= 4 is 5.69 Å². The molecule has 1 aromatic carbocycles. The van der Waals surface area contributed by atoms with Gasteiger partial charge in [0.05, 0.1) is 12.8 Å². The number of anilines is 1. The Labute approximate surface area is 117 Å². The van der Waals surface area contributed by atoms with Gasteiger partial charge in [-0.05, 0) is 30.8 Å². The molecule has 1 aliphatic rings. The zero-order valence-electron chi connectivity index (χ0n) is 11.5. The Hall–Kier alpha value is -2.14. The molecule has 0 aliphatic carbocycles. The molecule has 5 nitrogen and oxygen atoms in total. The maximum Gasteiger partial charge on any atom is 0.163 e. The van der Waals surface area contributed by atoms with Gasteiger partial charge in [0.1, 0.15) is 19.0 Å². The van der Waals surface area contributed by atoms with Gasteiger partial charge >= 0.3 is 0 Å². The number of fused-ring (bicyclic) bond motifs is 1. The number of rotatable bonds is 4. The lowest BCUT2D eigenvalue weighted by molar-refractivity contribution is 0.171. The first-order valence-electron chi connectivity index (χ1n) is 6.61. The van der Waals surface area contributed by atoms with Gasteiger partial charge in [-0.2, -0.15) is 0 Å². The maximum atomic E-state index is 6.08. The fraction of sp³-hybridized carbons (Fsp3) is 0.333. The third kappa shape index (κ3) is 2.72. The lowest BCUT2D eigenvalue weighted by atomic mass is 10.1. The minimum atomic E-state index is 0.574. The molecule has 1 aliphatic heterocycles. The van der Waals surface area contributed by atoms with E-state index in [4.69, 9.17) is 19.6 Å². The molecule has 0 unspecified atom stereocenters. The number of furan rings is 1. The lowest BCUT2D eigenvalue weighted by Gasteiger charge is -2.22. The Balaban J connectivity index is 1.73. The summed E-state index contributed by atoms with van der Waals surface area (Å²) in [6, 6.07) is 7.65. The predicted molar refractivity (Wildman–Crippen MR) is 75.7 cm³/mol. The number of nitrogens with two attached hydrogens (primary N) is 1. The number of nitrogen functional groups attached to an aromatic ring is 1. The maximum absolute atomic E-state index is 6.08. The van der Waals surface area contributed by atoms with E-state index in [2.05, 4.69) is 4.90 Å². The van der Waals surface area contributed by atoms with Crippen LogP contribution in [0.5, 0.6) is 11.5 Å². The number of hydrogen-bond donors (Lipinski definition) is 1. The quantitative estimate of drug-likeness (QED) is 0.867. The van der Waals surface area contributed by atoms with Crippen molar-refractivity contribution < 1.29 is 13.9 Å². The van der Waals surface area contributed by atoms with Crippen LogP contribution in [0.25, 0.3) is 0 Å². The molecule has 0 fully saturated rings. The highest BCUT2D eigenvalue weighted by Gasteiger charge is 2.15. The first-order chi connectivity index (χ1) is 9.72. The summed E-state index contributed by atoms with van der Waals surface area (Å²) in [5, 5.41) is 0. The van der Waals surface area contributed by atoms with Crippen LogP contribution in [-0.4, -0.2) is 25.2 Å². The average Bonchev–Trinajstić information content (AvgIpc) is 2.92. The summed E-state index contributed by atoms with van der Waals surface area (Å²) in [4.78, 5) is 2.14. The first kappa shape index (κ1) is 12.9. The normalized spacial score (nSPS) is 13.7. The number of nitrogens with zero attached hydrogens (tertiary/aromatic N) is 1. The van der Waals surface area contributed by atoms with Crippen molar-refractivity contribution in [2.24, 2.45) is 0 Å². The van der Waals surface area contributed by atoms with Crippen molar-refractivity contribution in [3.63, 3.8) is 0 Å². The fourth-order valence-corrected chi connectivity index (χ4v) is 2.30. The Morgan fingerprint density at radius 3 is 2.60 bits per heavy atom. The summed E-state index contributed by atoms with van der Waals surface area (Å²) in [6.45, 7) is 2.62. The first-order valence-corrected chi connectivity index (χ1v) is 6.61. The van der Waals surface area contributed by atoms with E-state index in [1.807, 2.05) is 31.3 Å². The average molecular weight is 274 g/mol. The molecule has 5 heteroatoms. The second-order valence-electron chi connectivity index (χ2n) is 4.95. The molecule has 0 spiro atoms. The van der Waals surface area contributed by atoms with Crippen molar-refractivity contribution in [1.82, 2.24) is 4.90 Å². The van der Waals surface area contributed by atoms with Crippen molar-refractivity contribution in [1.29, 1.82) is 0 Å². The molecule has 2 N–H and O–H groups in total. The van der Waals surface area contributed by atoms with Crippen LogP contribution in [0, 0.1) is 0 Å². The Morgan fingerprint density at radius 2 is 1.90 bits per heavy atom. The van der Waals surface area contributed by atoms with Gasteiger partial charge in [0, 0.05) is 18.3 Å². The lowest BCUT2D eigenvalue weighted by Crippen LogP contribution is -2.19. The highest BCUT2D eigenvalue weighted by atomic mass is 16.6. The second-order valence-corrected chi connectivity index (χ2v) is 4.95. The van der Waals surface area contributed by atoms with Crippen LogP contribution >= 0.6 is 0 Å². The molecule has 106 valence electrons. The van der Waals surface area contributed by atoms with Gasteiger partial charge < -0.3 is 19.6 Å². The third-order valence-corrected chi connectivity index (χ3v) is 3.25. The van der Waals surface area contributed by atoms with Crippen LogP contribution in [0.4, 0.5) is 5.69 Å². The molecule has 0 radical (unpaired) electrons. The second kappa shape index (κ2) is 5.46. The molecule has 3 rings (SSSR count). The minimum absolute atomic E-state index is 0.574. The zero-order valence-corrected chi connectivity index (χ0v) is 11.5. The molecule has 0 saturated heterocycles. The van der Waals surface area contributed by atoms with Crippen molar-refractivity contribution in [3.8, 4) is 11.5 Å². The van der Waals surface area contributed by atoms with Crippen molar-refractivity contribution in [2.75, 3.05) is 26.0 Å². The van der Waals surface area contributed by atoms with E-state index >= 15 is 0 Å². The summed E-state index contributed by atoms with van der Waals surface area (Å²) in [5.41, 5.74) is 7.83. The van der Waals surface area contributed by atoms with Gasteiger partial charge in [-0.15, -0.1) is 0 Å². The minimum Gasteiger partial charge on any atom is -0.486 e. The van der Waals surface area contributed by atoms with E-state index in [9.17, 15) is 0 Å². The molecule has 0 saturated carbocycles. The summed E-state index contributed by atoms with van der Waals surface area (Å²) < 4.78 is 16.4. The van der Waals surface area contributed by atoms with E-state index in [0.717, 1.165) is 41.6 Å². The van der Waals surface area contributed by atoms with Gasteiger partial charge in [-0.1, -0.05) is 0 Å². The molecule has 0 bridgehead atoms. The molecule has 2 aromatic rings. The van der Waals surface area contributed by atoms with Crippen LogP contribution in [0.15, 0.2) is 34.9 Å². The molecular weight excluding hydrogens is 256 g/mol. The standard InChI is InChI=1S/C15H18N2O3/c1-17(10-12-3-2-4-18-12)9-11-7-14-15(8-13(11)16)20-6-5-19-14/h2-4,7-8H,5-6,9-10,16H2,1H3. The van der Waals surface area contributed by atoms with E-state index in [0.29, 0.717) is 13.2 Å². The summed E-state index contributed by atoms with van der Waals surface area (Å²) >= 11 is 0. The SMILES string of the molecule is CN(Cc1ccco1)Cc1cc2c(cc1N)OCCO2. The van der Waals surface area contributed by atoms with E-state index in [-0.39, 0.29) is 0 Å². The summed E-state index contributed by atoms with van der Waals surface area (Å²) in [5.74, 6) is 2.43. The highest BCUT2D eigenvalue weighted by Crippen LogP contribution is 2.34. The molecule has 1 aromatic heterocycles. The molecule has 2 heterocycles. The van der Waals surface area contributed by atoms with Crippen LogP contribution in [0.3, 0.4) is 0 Å². The van der Waals surface area contributed by atoms with Crippen molar-refractivity contribution in [2.45, 2.75) is 13.1 Å². The highest BCUT2D eigenvalue weighted by molar-refractivity contribution is 5.58. The summed E-state index contributed by atoms with van der Waals surface area (Å²) in [7, 11) is 2.03. The third-order valence-electron chi connectivity index (χ3n) is 3.25. The number of benzene rings is 1. The van der Waals surface area contributed by atoms with E-state index in [1.54, 1.807) is 6.26 Å². The predicted octanol–water partition coefficient (Wildman–Crippen LogP) is 2.26. The topological polar surface area (TPSA) is 60.9 Å².